The summed E-state index contributed by atoms with van der Waals surface area (Å²) >= 11 is 1.46. The molecule has 0 radical (unpaired) electrons. The third kappa shape index (κ3) is 4.19. The second-order valence-corrected chi connectivity index (χ2v) is 6.58. The molecule has 1 aliphatic heterocycles. The van der Waals surface area contributed by atoms with Crippen LogP contribution in [0, 0.1) is 0 Å². The lowest BCUT2D eigenvalue weighted by molar-refractivity contribution is -0.119. The van der Waals surface area contributed by atoms with Gasteiger partial charge in [-0.1, -0.05) is 11.3 Å². The summed E-state index contributed by atoms with van der Waals surface area (Å²) in [4.78, 5) is 18.7. The molecule has 2 aromatic rings. The maximum Gasteiger partial charge on any atom is 0.240 e. The third-order valence-corrected chi connectivity index (χ3v) is 4.54. The average molecular weight is 335 g/mol. The van der Waals surface area contributed by atoms with Crippen LogP contribution in [0.15, 0.2) is 18.2 Å². The Morgan fingerprint density at radius 3 is 3.22 bits per heavy atom. The molecule has 0 saturated carbocycles. The van der Waals surface area contributed by atoms with Crippen LogP contribution in [0.5, 0.6) is 5.75 Å². The molecule has 1 aromatic carbocycles. The fraction of sp³-hybridized carbons (Fsp3) is 0.500. The summed E-state index contributed by atoms with van der Waals surface area (Å²) < 4.78 is 12.0. The van der Waals surface area contributed by atoms with Crippen LogP contribution >= 0.6 is 11.3 Å². The Morgan fingerprint density at radius 1 is 1.57 bits per heavy atom. The molecule has 124 valence electrons. The van der Waals surface area contributed by atoms with Gasteiger partial charge in [-0.2, -0.15) is 0 Å². The predicted molar refractivity (Wildman–Crippen MR) is 91.3 cm³/mol. The molecule has 6 nitrogen and oxygen atoms in total. The first-order valence-corrected chi connectivity index (χ1v) is 8.63. The van der Waals surface area contributed by atoms with Gasteiger partial charge >= 0.3 is 0 Å². The zero-order valence-corrected chi connectivity index (χ0v) is 14.2. The van der Waals surface area contributed by atoms with Crippen LogP contribution in [0.4, 0.5) is 5.13 Å². The van der Waals surface area contributed by atoms with Gasteiger partial charge in [-0.25, -0.2) is 4.98 Å². The number of rotatable bonds is 5. The van der Waals surface area contributed by atoms with Crippen molar-refractivity contribution in [2.24, 2.45) is 0 Å². The van der Waals surface area contributed by atoms with Crippen molar-refractivity contribution in [2.75, 3.05) is 38.2 Å². The van der Waals surface area contributed by atoms with Crippen LogP contribution in [-0.4, -0.2) is 54.7 Å². The van der Waals surface area contributed by atoms with E-state index in [4.69, 9.17) is 9.47 Å². The molecule has 1 unspecified atom stereocenters. The summed E-state index contributed by atoms with van der Waals surface area (Å²) in [6, 6.07) is 5.76. The number of benzene rings is 1. The van der Waals surface area contributed by atoms with Gasteiger partial charge in [0.2, 0.25) is 5.91 Å². The molecule has 0 bridgehead atoms. The minimum atomic E-state index is -0.0387. The van der Waals surface area contributed by atoms with Crippen molar-refractivity contribution in [1.82, 2.24) is 9.88 Å². The van der Waals surface area contributed by atoms with Gasteiger partial charge in [0.25, 0.3) is 0 Å². The van der Waals surface area contributed by atoms with Gasteiger partial charge in [0.1, 0.15) is 5.75 Å². The molecule has 0 aliphatic carbocycles. The maximum absolute atomic E-state index is 12.2. The van der Waals surface area contributed by atoms with Crippen molar-refractivity contribution in [3.8, 4) is 5.75 Å². The van der Waals surface area contributed by atoms with Gasteiger partial charge in [0.15, 0.2) is 5.13 Å². The second kappa shape index (κ2) is 7.25. The fourth-order valence-electron chi connectivity index (χ4n) is 2.61. The lowest BCUT2D eigenvalue weighted by Gasteiger charge is -2.30. The van der Waals surface area contributed by atoms with Crippen LogP contribution < -0.4 is 10.1 Å². The maximum atomic E-state index is 12.2. The lowest BCUT2D eigenvalue weighted by Crippen LogP contribution is -2.44. The highest BCUT2D eigenvalue weighted by molar-refractivity contribution is 7.22. The smallest absolute Gasteiger partial charge is 0.240 e. The Morgan fingerprint density at radius 2 is 2.43 bits per heavy atom. The monoisotopic (exact) mass is 335 g/mol. The Balaban J connectivity index is 1.62. The number of carbonyl (C=O) groups is 1. The average Bonchev–Trinajstić information content (AvgIpc) is 2.88. The number of amides is 1. The number of aromatic nitrogens is 1. The number of hydrogen-bond acceptors (Lipinski definition) is 6. The van der Waals surface area contributed by atoms with Gasteiger partial charge in [0, 0.05) is 13.1 Å². The molecular formula is C16H21N3O3S. The molecule has 1 atom stereocenters. The number of anilines is 1. The van der Waals surface area contributed by atoms with Crippen LogP contribution in [-0.2, 0) is 9.53 Å². The molecule has 23 heavy (non-hydrogen) atoms. The quantitative estimate of drug-likeness (QED) is 0.909. The zero-order chi connectivity index (χ0) is 16.2. The van der Waals surface area contributed by atoms with Gasteiger partial charge in [-0.3, -0.25) is 9.69 Å². The first kappa shape index (κ1) is 16.2. The summed E-state index contributed by atoms with van der Waals surface area (Å²) in [5.74, 6) is 0.784. The van der Waals surface area contributed by atoms with E-state index in [1.54, 1.807) is 0 Å². The second-order valence-electron chi connectivity index (χ2n) is 5.55. The van der Waals surface area contributed by atoms with E-state index >= 15 is 0 Å². The Bertz CT molecular complexity index is 688. The van der Waals surface area contributed by atoms with E-state index in [0.717, 1.165) is 29.1 Å². The zero-order valence-electron chi connectivity index (χ0n) is 13.4. The first-order chi connectivity index (χ1) is 11.1. The number of nitrogens with zero attached hydrogens (tertiary/aromatic N) is 2. The number of morpholine rings is 1. The van der Waals surface area contributed by atoms with Crippen molar-refractivity contribution >= 4 is 32.6 Å². The Kier molecular flexibility index (Phi) is 5.09. The van der Waals surface area contributed by atoms with Gasteiger partial charge < -0.3 is 14.8 Å². The number of carbonyl (C=O) groups excluding carboxylic acids is 1. The number of thiazole rings is 1. The molecule has 2 heterocycles. The van der Waals surface area contributed by atoms with Crippen molar-refractivity contribution < 1.29 is 14.3 Å². The van der Waals surface area contributed by atoms with Crippen molar-refractivity contribution in [3.05, 3.63) is 18.2 Å². The first-order valence-electron chi connectivity index (χ1n) is 7.81. The minimum Gasteiger partial charge on any atom is -0.494 e. The molecule has 1 amide bonds. The lowest BCUT2D eigenvalue weighted by atomic mass is 10.3. The molecule has 0 spiro atoms. The highest BCUT2D eigenvalue weighted by Crippen LogP contribution is 2.29. The third-order valence-electron chi connectivity index (χ3n) is 3.61. The molecule has 1 N–H and O–H groups in total. The Hall–Kier alpha value is -1.70. The molecule has 1 aromatic heterocycles. The Labute approximate surface area is 139 Å². The number of hydrogen-bond donors (Lipinski definition) is 1. The van der Waals surface area contributed by atoms with E-state index in [0.29, 0.717) is 24.9 Å². The molecule has 1 aliphatic rings. The summed E-state index contributed by atoms with van der Waals surface area (Å²) in [6.45, 7) is 7.22. The van der Waals surface area contributed by atoms with Crippen molar-refractivity contribution in [2.45, 2.75) is 20.0 Å². The number of fused-ring (bicyclic) bond motifs is 1. The minimum absolute atomic E-state index is 0.0387. The van der Waals surface area contributed by atoms with Crippen molar-refractivity contribution in [1.29, 1.82) is 0 Å². The van der Waals surface area contributed by atoms with Crippen LogP contribution in [0.25, 0.3) is 10.2 Å². The van der Waals surface area contributed by atoms with Crippen LogP contribution in [0.3, 0.4) is 0 Å². The summed E-state index contributed by atoms with van der Waals surface area (Å²) in [6.07, 6.45) is 0.177. The number of nitrogens with one attached hydrogen (secondary N) is 1. The van der Waals surface area contributed by atoms with E-state index in [1.165, 1.54) is 11.3 Å². The predicted octanol–water partition coefficient (Wildman–Crippen LogP) is 2.35. The van der Waals surface area contributed by atoms with Gasteiger partial charge in [0.05, 0.1) is 36.1 Å². The van der Waals surface area contributed by atoms with E-state index < -0.39 is 0 Å². The normalized spacial score (nSPS) is 19.0. The van der Waals surface area contributed by atoms with Crippen LogP contribution in [0.2, 0.25) is 0 Å². The standard InChI is InChI=1S/C16H21N3O3S/c1-3-21-12-4-5-13-14(8-12)23-16(17-13)18-15(20)10-19-6-7-22-11(2)9-19/h4-5,8,11H,3,6-7,9-10H2,1-2H3,(H,17,18,20). The van der Waals surface area contributed by atoms with Gasteiger partial charge in [-0.15, -0.1) is 0 Å². The summed E-state index contributed by atoms with van der Waals surface area (Å²) in [7, 11) is 0. The molecule has 3 rings (SSSR count). The largest absolute Gasteiger partial charge is 0.494 e. The van der Waals surface area contributed by atoms with E-state index in [9.17, 15) is 4.79 Å². The fourth-order valence-corrected chi connectivity index (χ4v) is 3.52. The summed E-state index contributed by atoms with van der Waals surface area (Å²) in [5.41, 5.74) is 0.869. The van der Waals surface area contributed by atoms with Crippen molar-refractivity contribution in [3.63, 3.8) is 0 Å². The number of ether oxygens (including phenoxy) is 2. The highest BCUT2D eigenvalue weighted by Gasteiger charge is 2.19. The van der Waals surface area contributed by atoms with E-state index in [2.05, 4.69) is 15.2 Å². The van der Waals surface area contributed by atoms with E-state index in [1.807, 2.05) is 32.0 Å². The molecule has 1 fully saturated rings. The van der Waals surface area contributed by atoms with Gasteiger partial charge in [-0.05, 0) is 32.0 Å². The topological polar surface area (TPSA) is 63.7 Å². The highest BCUT2D eigenvalue weighted by atomic mass is 32.1. The molecular weight excluding hydrogens is 314 g/mol. The molecule has 1 saturated heterocycles. The van der Waals surface area contributed by atoms with Crippen LogP contribution in [0.1, 0.15) is 13.8 Å². The SMILES string of the molecule is CCOc1ccc2nc(NC(=O)CN3CCOC(C)C3)sc2c1. The molecule has 7 heteroatoms. The summed E-state index contributed by atoms with van der Waals surface area (Å²) in [5, 5.41) is 3.52. The van der Waals surface area contributed by atoms with E-state index in [-0.39, 0.29) is 12.0 Å².